The van der Waals surface area contributed by atoms with Gasteiger partial charge in [0, 0.05) is 12.4 Å². The Balaban J connectivity index is 2.88. The van der Waals surface area contributed by atoms with E-state index in [1.807, 2.05) is 0 Å². The van der Waals surface area contributed by atoms with Gasteiger partial charge >= 0.3 is 5.97 Å². The van der Waals surface area contributed by atoms with E-state index in [2.05, 4.69) is 9.97 Å². The fourth-order valence-electron chi connectivity index (χ4n) is 1.06. The van der Waals surface area contributed by atoms with Crippen LogP contribution in [0.2, 0.25) is 5.02 Å². The van der Waals surface area contributed by atoms with Crippen LogP contribution in [0.15, 0.2) is 18.6 Å². The monoisotopic (exact) mass is 197 g/mol. The number of aromatic nitrogens is 3. The molecule has 66 valence electrons. The molecule has 0 aliphatic heterocycles. The summed E-state index contributed by atoms with van der Waals surface area (Å²) in [5.74, 6) is -0.780. The van der Waals surface area contributed by atoms with Gasteiger partial charge in [-0.05, 0) is 0 Å². The average molecular weight is 198 g/mol. The number of carboxylic acid groups (broad SMARTS) is 1. The minimum Gasteiger partial charge on any atom is -0.477 e. The van der Waals surface area contributed by atoms with E-state index in [4.69, 9.17) is 16.7 Å². The Morgan fingerprint density at radius 1 is 1.54 bits per heavy atom. The summed E-state index contributed by atoms with van der Waals surface area (Å²) in [6.07, 6.45) is 4.23. The predicted molar refractivity (Wildman–Crippen MR) is 45.0 cm³/mol. The first kappa shape index (κ1) is 8.00. The van der Waals surface area contributed by atoms with Crippen molar-refractivity contribution in [1.82, 2.24) is 14.4 Å². The molecule has 0 aromatic carbocycles. The lowest BCUT2D eigenvalue weighted by Gasteiger charge is -2.00. The van der Waals surface area contributed by atoms with E-state index < -0.39 is 5.97 Å². The van der Waals surface area contributed by atoms with Crippen LogP contribution in [-0.2, 0) is 0 Å². The molecular formula is C7H4ClN3O2. The van der Waals surface area contributed by atoms with Crippen LogP contribution in [-0.4, -0.2) is 25.4 Å². The van der Waals surface area contributed by atoms with Gasteiger partial charge in [0.15, 0.2) is 5.69 Å². The molecule has 0 aliphatic rings. The number of carbonyl (C=O) groups is 1. The van der Waals surface area contributed by atoms with E-state index >= 15 is 0 Å². The first-order valence-electron chi connectivity index (χ1n) is 3.41. The zero-order chi connectivity index (χ0) is 9.42. The van der Waals surface area contributed by atoms with Gasteiger partial charge < -0.3 is 5.11 Å². The van der Waals surface area contributed by atoms with E-state index in [0.717, 1.165) is 0 Å². The maximum absolute atomic E-state index is 10.8. The molecule has 0 spiro atoms. The summed E-state index contributed by atoms with van der Waals surface area (Å²) in [6.45, 7) is 0. The summed E-state index contributed by atoms with van der Waals surface area (Å²) in [4.78, 5) is 18.4. The maximum Gasteiger partial charge on any atom is 0.354 e. The third-order valence-corrected chi connectivity index (χ3v) is 1.86. The highest BCUT2D eigenvalue weighted by Crippen LogP contribution is 2.15. The minimum atomic E-state index is -1.10. The van der Waals surface area contributed by atoms with E-state index in [0.29, 0.717) is 5.78 Å². The number of hydrogen-bond donors (Lipinski definition) is 1. The van der Waals surface area contributed by atoms with E-state index in [1.54, 1.807) is 0 Å². The smallest absolute Gasteiger partial charge is 0.354 e. The van der Waals surface area contributed by atoms with Gasteiger partial charge in [-0.15, -0.1) is 0 Å². The number of fused-ring (bicyclic) bond motifs is 1. The lowest BCUT2D eigenvalue weighted by Crippen LogP contribution is -2.06. The molecule has 1 N–H and O–H groups in total. The molecule has 0 amide bonds. The number of halogens is 1. The van der Waals surface area contributed by atoms with Crippen molar-refractivity contribution in [2.45, 2.75) is 0 Å². The number of rotatable bonds is 1. The molecule has 0 radical (unpaired) electrons. The Hall–Kier alpha value is -1.62. The van der Waals surface area contributed by atoms with Crippen molar-refractivity contribution >= 4 is 23.3 Å². The van der Waals surface area contributed by atoms with Gasteiger partial charge in [-0.2, -0.15) is 0 Å². The molecule has 0 bridgehead atoms. The molecule has 13 heavy (non-hydrogen) atoms. The molecule has 0 unspecified atom stereocenters. The van der Waals surface area contributed by atoms with Gasteiger partial charge in [0.1, 0.15) is 0 Å². The molecule has 0 saturated heterocycles. The summed E-state index contributed by atoms with van der Waals surface area (Å²) in [7, 11) is 0. The first-order valence-corrected chi connectivity index (χ1v) is 3.79. The highest BCUT2D eigenvalue weighted by molar-refractivity contribution is 6.33. The molecule has 0 aliphatic carbocycles. The minimum absolute atomic E-state index is 0.0239. The maximum atomic E-state index is 10.8. The zero-order valence-electron chi connectivity index (χ0n) is 6.31. The fraction of sp³-hybridized carbons (Fsp3) is 0. The molecular weight excluding hydrogens is 194 g/mol. The van der Waals surface area contributed by atoms with Gasteiger partial charge in [0.25, 0.3) is 0 Å². The van der Waals surface area contributed by atoms with Crippen molar-refractivity contribution in [2.24, 2.45) is 0 Å². The molecule has 5 nitrogen and oxygen atoms in total. The Morgan fingerprint density at radius 3 is 3.00 bits per heavy atom. The second-order valence-electron chi connectivity index (χ2n) is 2.36. The largest absolute Gasteiger partial charge is 0.477 e. The van der Waals surface area contributed by atoms with Crippen LogP contribution in [0, 0.1) is 0 Å². The number of nitrogens with zero attached hydrogens (tertiary/aromatic N) is 3. The molecule has 0 saturated carbocycles. The van der Waals surface area contributed by atoms with Crippen molar-refractivity contribution < 1.29 is 9.90 Å². The summed E-state index contributed by atoms with van der Waals surface area (Å²) in [5.41, 5.74) is -0.0239. The van der Waals surface area contributed by atoms with Gasteiger partial charge in [0.2, 0.25) is 5.78 Å². The van der Waals surface area contributed by atoms with E-state index in [-0.39, 0.29) is 10.7 Å². The highest BCUT2D eigenvalue weighted by atomic mass is 35.5. The molecule has 2 heterocycles. The Labute approximate surface area is 77.6 Å². The van der Waals surface area contributed by atoms with Gasteiger partial charge in [-0.1, -0.05) is 11.6 Å². The third kappa shape index (κ3) is 1.13. The summed E-state index contributed by atoms with van der Waals surface area (Å²) in [6, 6.07) is 0. The van der Waals surface area contributed by atoms with E-state index in [1.165, 1.54) is 23.0 Å². The van der Waals surface area contributed by atoms with Crippen molar-refractivity contribution in [3.05, 3.63) is 29.3 Å². The topological polar surface area (TPSA) is 67.5 Å². The molecule has 2 rings (SSSR count). The Bertz CT molecular complexity index is 480. The Morgan fingerprint density at radius 2 is 2.31 bits per heavy atom. The van der Waals surface area contributed by atoms with Gasteiger partial charge in [-0.25, -0.2) is 14.8 Å². The summed E-state index contributed by atoms with van der Waals surface area (Å²) >= 11 is 5.66. The Kier molecular flexibility index (Phi) is 1.66. The number of imidazole rings is 1. The predicted octanol–water partition coefficient (Wildman–Crippen LogP) is 1.08. The zero-order valence-corrected chi connectivity index (χ0v) is 7.06. The highest BCUT2D eigenvalue weighted by Gasteiger charge is 2.13. The second kappa shape index (κ2) is 2.70. The third-order valence-electron chi connectivity index (χ3n) is 1.58. The average Bonchev–Trinajstić information content (AvgIpc) is 2.50. The fourth-order valence-corrected chi connectivity index (χ4v) is 1.28. The summed E-state index contributed by atoms with van der Waals surface area (Å²) < 4.78 is 1.32. The molecule has 0 fully saturated rings. The van der Waals surface area contributed by atoms with E-state index in [9.17, 15) is 4.79 Å². The van der Waals surface area contributed by atoms with Crippen molar-refractivity contribution in [2.75, 3.05) is 0 Å². The first-order chi connectivity index (χ1) is 6.20. The molecule has 0 atom stereocenters. The lowest BCUT2D eigenvalue weighted by molar-refractivity contribution is 0.0689. The lowest BCUT2D eigenvalue weighted by atomic mass is 10.4. The van der Waals surface area contributed by atoms with Crippen LogP contribution in [0.3, 0.4) is 0 Å². The van der Waals surface area contributed by atoms with Gasteiger partial charge in [0.05, 0.1) is 11.2 Å². The number of carboxylic acids is 1. The quantitative estimate of drug-likeness (QED) is 0.743. The van der Waals surface area contributed by atoms with Crippen LogP contribution in [0.4, 0.5) is 0 Å². The van der Waals surface area contributed by atoms with Crippen molar-refractivity contribution in [3.8, 4) is 0 Å². The number of hydrogen-bond acceptors (Lipinski definition) is 3. The van der Waals surface area contributed by atoms with Crippen LogP contribution in [0.1, 0.15) is 10.5 Å². The summed E-state index contributed by atoms with van der Waals surface area (Å²) in [5, 5.41) is 8.92. The molecule has 6 heteroatoms. The van der Waals surface area contributed by atoms with Crippen LogP contribution >= 0.6 is 11.6 Å². The van der Waals surface area contributed by atoms with Crippen LogP contribution in [0.5, 0.6) is 0 Å². The SMILES string of the molecule is O=C(O)c1c(Cl)cnc2nccn12. The van der Waals surface area contributed by atoms with Crippen molar-refractivity contribution in [1.29, 1.82) is 0 Å². The standard InChI is InChI=1S/C7H4ClN3O2/c8-4-3-10-7-9-1-2-11(7)5(4)6(12)13/h1-3H,(H,12,13). The molecule has 2 aromatic rings. The van der Waals surface area contributed by atoms with Gasteiger partial charge in [-0.3, -0.25) is 4.40 Å². The number of aromatic carboxylic acids is 1. The van der Waals surface area contributed by atoms with Crippen LogP contribution in [0.25, 0.3) is 5.78 Å². The van der Waals surface area contributed by atoms with Crippen molar-refractivity contribution in [3.63, 3.8) is 0 Å². The second-order valence-corrected chi connectivity index (χ2v) is 2.76. The van der Waals surface area contributed by atoms with Crippen LogP contribution < -0.4 is 0 Å². The normalized spacial score (nSPS) is 10.5. The molecule has 2 aromatic heterocycles.